The van der Waals surface area contributed by atoms with Gasteiger partial charge < -0.3 is 5.32 Å². The normalized spacial score (nSPS) is 13.9. The molecule has 1 N–H and O–H groups in total. The molecule has 1 amide bonds. The predicted octanol–water partition coefficient (Wildman–Crippen LogP) is 3.21. The maximum Gasteiger partial charge on any atom is 0.224 e. The van der Waals surface area contributed by atoms with E-state index in [1.165, 1.54) is 11.1 Å². The summed E-state index contributed by atoms with van der Waals surface area (Å²) in [6, 6.07) is 18.7. The van der Waals surface area contributed by atoms with Crippen LogP contribution in [-0.4, -0.2) is 40.2 Å². The van der Waals surface area contributed by atoms with E-state index in [1.54, 1.807) is 0 Å². The number of hydrogen-bond acceptors (Lipinski definition) is 3. The Morgan fingerprint density at radius 1 is 1.03 bits per heavy atom. The average molecular weight is 389 g/mol. The first-order valence-corrected chi connectivity index (χ1v) is 10.3. The van der Waals surface area contributed by atoms with Crippen LogP contribution in [0.1, 0.15) is 28.1 Å². The van der Waals surface area contributed by atoms with Gasteiger partial charge in [-0.3, -0.25) is 9.69 Å². The van der Waals surface area contributed by atoms with Crippen LogP contribution in [0.25, 0.3) is 5.69 Å². The maximum atomic E-state index is 12.5. The molecule has 0 saturated heterocycles. The van der Waals surface area contributed by atoms with Crippen LogP contribution in [0, 0.1) is 13.8 Å². The molecule has 4 rings (SSSR count). The standard InChI is InChI=1S/C24H28N4O/c1-18-23(19(2)28(26-18)22-10-4-3-5-11-22)16-24(29)25-13-15-27-14-12-20-8-6-7-9-21(20)17-27/h3-11H,12-17H2,1-2H3,(H,25,29). The number of aryl methyl sites for hydroxylation is 1. The number of para-hydroxylation sites is 1. The molecule has 0 saturated carbocycles. The number of nitrogens with one attached hydrogen (secondary N) is 1. The van der Waals surface area contributed by atoms with Crippen molar-refractivity contribution in [3.8, 4) is 5.69 Å². The molecule has 1 aliphatic rings. The van der Waals surface area contributed by atoms with E-state index in [2.05, 4.69) is 39.6 Å². The van der Waals surface area contributed by atoms with Gasteiger partial charge in [0.1, 0.15) is 0 Å². The van der Waals surface area contributed by atoms with Gasteiger partial charge in [-0.2, -0.15) is 5.10 Å². The van der Waals surface area contributed by atoms with E-state index in [0.29, 0.717) is 13.0 Å². The lowest BCUT2D eigenvalue weighted by Crippen LogP contribution is -2.38. The highest BCUT2D eigenvalue weighted by atomic mass is 16.1. The quantitative estimate of drug-likeness (QED) is 0.705. The van der Waals surface area contributed by atoms with Crippen molar-refractivity contribution < 1.29 is 4.79 Å². The zero-order chi connectivity index (χ0) is 20.2. The second kappa shape index (κ2) is 8.62. The minimum atomic E-state index is 0.0567. The Morgan fingerprint density at radius 3 is 2.55 bits per heavy atom. The van der Waals surface area contributed by atoms with Gasteiger partial charge in [0.15, 0.2) is 0 Å². The summed E-state index contributed by atoms with van der Waals surface area (Å²) in [6.45, 7) is 7.57. The van der Waals surface area contributed by atoms with Crippen LogP contribution in [0.4, 0.5) is 0 Å². The molecule has 0 aliphatic carbocycles. The maximum absolute atomic E-state index is 12.5. The lowest BCUT2D eigenvalue weighted by atomic mass is 10.00. The fourth-order valence-electron chi connectivity index (χ4n) is 4.07. The van der Waals surface area contributed by atoms with Crippen LogP contribution in [0.2, 0.25) is 0 Å². The molecule has 5 heteroatoms. The van der Waals surface area contributed by atoms with Crippen LogP contribution in [-0.2, 0) is 24.2 Å². The minimum absolute atomic E-state index is 0.0567. The number of nitrogens with zero attached hydrogens (tertiary/aromatic N) is 3. The number of rotatable bonds is 6. The molecule has 2 aromatic carbocycles. The molecule has 0 fully saturated rings. The summed E-state index contributed by atoms with van der Waals surface area (Å²) in [5, 5.41) is 7.73. The van der Waals surface area contributed by atoms with E-state index in [1.807, 2.05) is 48.9 Å². The van der Waals surface area contributed by atoms with E-state index >= 15 is 0 Å². The molecule has 2 heterocycles. The number of benzene rings is 2. The third-order valence-corrected chi connectivity index (χ3v) is 5.74. The molecule has 0 unspecified atom stereocenters. The van der Waals surface area contributed by atoms with Gasteiger partial charge in [0.25, 0.3) is 0 Å². The molecule has 29 heavy (non-hydrogen) atoms. The monoisotopic (exact) mass is 388 g/mol. The van der Waals surface area contributed by atoms with Crippen LogP contribution in [0.15, 0.2) is 54.6 Å². The Bertz CT molecular complexity index is 993. The van der Waals surface area contributed by atoms with Gasteiger partial charge in [0, 0.05) is 37.4 Å². The molecule has 1 aliphatic heterocycles. The number of fused-ring (bicyclic) bond motifs is 1. The molecule has 0 atom stereocenters. The highest BCUT2D eigenvalue weighted by molar-refractivity contribution is 5.79. The lowest BCUT2D eigenvalue weighted by Gasteiger charge is -2.28. The molecule has 0 spiro atoms. The first-order chi connectivity index (χ1) is 14.1. The summed E-state index contributed by atoms with van der Waals surface area (Å²) >= 11 is 0. The molecule has 0 radical (unpaired) electrons. The van der Waals surface area contributed by atoms with Crippen molar-refractivity contribution in [3.05, 3.63) is 82.7 Å². The van der Waals surface area contributed by atoms with Crippen LogP contribution in [0.3, 0.4) is 0 Å². The smallest absolute Gasteiger partial charge is 0.224 e. The van der Waals surface area contributed by atoms with Gasteiger partial charge >= 0.3 is 0 Å². The number of carbonyl (C=O) groups is 1. The Balaban J connectivity index is 1.31. The number of hydrogen-bond donors (Lipinski definition) is 1. The van der Waals surface area contributed by atoms with Gasteiger partial charge in [0.2, 0.25) is 5.91 Å². The predicted molar refractivity (Wildman–Crippen MR) is 115 cm³/mol. The fourth-order valence-corrected chi connectivity index (χ4v) is 4.07. The summed E-state index contributed by atoms with van der Waals surface area (Å²) in [5.41, 5.74) is 6.83. The van der Waals surface area contributed by atoms with Gasteiger partial charge in [-0.15, -0.1) is 0 Å². The van der Waals surface area contributed by atoms with Crippen LogP contribution < -0.4 is 5.32 Å². The van der Waals surface area contributed by atoms with Crippen molar-refractivity contribution >= 4 is 5.91 Å². The Morgan fingerprint density at radius 2 is 1.76 bits per heavy atom. The summed E-state index contributed by atoms with van der Waals surface area (Å²) in [7, 11) is 0. The van der Waals surface area contributed by atoms with Crippen molar-refractivity contribution in [2.75, 3.05) is 19.6 Å². The van der Waals surface area contributed by atoms with Gasteiger partial charge in [0.05, 0.1) is 17.8 Å². The van der Waals surface area contributed by atoms with E-state index in [9.17, 15) is 4.79 Å². The third kappa shape index (κ3) is 4.40. The molecule has 3 aromatic rings. The van der Waals surface area contributed by atoms with Crippen molar-refractivity contribution in [2.24, 2.45) is 0 Å². The SMILES string of the molecule is Cc1nn(-c2ccccc2)c(C)c1CC(=O)NCCN1CCc2ccccc2C1. The molecular formula is C24H28N4O. The molecule has 5 nitrogen and oxygen atoms in total. The summed E-state index contributed by atoms with van der Waals surface area (Å²) in [4.78, 5) is 14.9. The van der Waals surface area contributed by atoms with Gasteiger partial charge in [-0.1, -0.05) is 42.5 Å². The first-order valence-electron chi connectivity index (χ1n) is 10.3. The van der Waals surface area contributed by atoms with Crippen molar-refractivity contribution in [1.29, 1.82) is 0 Å². The van der Waals surface area contributed by atoms with Crippen molar-refractivity contribution in [3.63, 3.8) is 0 Å². The van der Waals surface area contributed by atoms with Crippen molar-refractivity contribution in [1.82, 2.24) is 20.0 Å². The molecule has 1 aromatic heterocycles. The Labute approximate surface area is 172 Å². The summed E-state index contributed by atoms with van der Waals surface area (Å²) in [6.07, 6.45) is 1.45. The van der Waals surface area contributed by atoms with E-state index in [0.717, 1.165) is 48.7 Å². The highest BCUT2D eigenvalue weighted by Crippen LogP contribution is 2.19. The topological polar surface area (TPSA) is 50.2 Å². The summed E-state index contributed by atoms with van der Waals surface area (Å²) < 4.78 is 1.92. The van der Waals surface area contributed by atoms with Gasteiger partial charge in [-0.25, -0.2) is 4.68 Å². The summed E-state index contributed by atoms with van der Waals surface area (Å²) in [5.74, 6) is 0.0567. The van der Waals surface area contributed by atoms with Gasteiger partial charge in [-0.05, 0) is 43.5 Å². The highest BCUT2D eigenvalue weighted by Gasteiger charge is 2.17. The zero-order valence-corrected chi connectivity index (χ0v) is 17.2. The second-order valence-corrected chi connectivity index (χ2v) is 7.72. The zero-order valence-electron chi connectivity index (χ0n) is 17.2. The molecule has 150 valence electrons. The number of aromatic nitrogens is 2. The van der Waals surface area contributed by atoms with E-state index < -0.39 is 0 Å². The second-order valence-electron chi connectivity index (χ2n) is 7.72. The Kier molecular flexibility index (Phi) is 5.76. The molecule has 0 bridgehead atoms. The minimum Gasteiger partial charge on any atom is -0.355 e. The van der Waals surface area contributed by atoms with E-state index in [-0.39, 0.29) is 5.91 Å². The molecular weight excluding hydrogens is 360 g/mol. The van der Waals surface area contributed by atoms with Crippen molar-refractivity contribution in [2.45, 2.75) is 33.2 Å². The fraction of sp³-hybridized carbons (Fsp3) is 0.333. The van der Waals surface area contributed by atoms with Crippen LogP contribution in [0.5, 0.6) is 0 Å². The largest absolute Gasteiger partial charge is 0.355 e. The lowest BCUT2D eigenvalue weighted by molar-refractivity contribution is -0.120. The van der Waals surface area contributed by atoms with E-state index in [4.69, 9.17) is 0 Å². The third-order valence-electron chi connectivity index (χ3n) is 5.74. The average Bonchev–Trinajstić information content (AvgIpc) is 3.02. The Hall–Kier alpha value is -2.92. The number of carbonyl (C=O) groups excluding carboxylic acids is 1. The first kappa shape index (κ1) is 19.4. The van der Waals surface area contributed by atoms with Crippen LogP contribution >= 0.6 is 0 Å². The number of amides is 1.